The van der Waals surface area contributed by atoms with Crippen molar-refractivity contribution in [2.45, 2.75) is 52.0 Å². The first-order valence-electron chi connectivity index (χ1n) is 6.57. The molecule has 0 aliphatic carbocycles. The number of hydrogen-bond donors (Lipinski definition) is 0. The van der Waals surface area contributed by atoms with Gasteiger partial charge in [-0.3, -0.25) is 0 Å². The highest BCUT2D eigenvalue weighted by Gasteiger charge is 2.12. The van der Waals surface area contributed by atoms with Gasteiger partial charge in [-0.05, 0) is 13.3 Å². The lowest BCUT2D eigenvalue weighted by molar-refractivity contribution is 0.479. The van der Waals surface area contributed by atoms with Crippen molar-refractivity contribution >= 4 is 22.8 Å². The van der Waals surface area contributed by atoms with E-state index in [1.807, 2.05) is 6.33 Å². The van der Waals surface area contributed by atoms with Crippen molar-refractivity contribution in [3.8, 4) is 0 Å². The molecule has 5 heteroatoms. The summed E-state index contributed by atoms with van der Waals surface area (Å²) in [5.74, 6) is 0. The number of halogens is 1. The fourth-order valence-electron chi connectivity index (χ4n) is 2.15. The molecule has 18 heavy (non-hydrogen) atoms. The Hall–Kier alpha value is -1.16. The summed E-state index contributed by atoms with van der Waals surface area (Å²) in [5.41, 5.74) is 1.53. The van der Waals surface area contributed by atoms with Crippen molar-refractivity contribution in [3.63, 3.8) is 0 Å². The lowest BCUT2D eigenvalue weighted by Gasteiger charge is -2.13. The van der Waals surface area contributed by atoms with Crippen molar-refractivity contribution in [3.05, 3.63) is 17.8 Å². The molecule has 0 radical (unpaired) electrons. The van der Waals surface area contributed by atoms with Gasteiger partial charge in [0.2, 0.25) is 0 Å². The van der Waals surface area contributed by atoms with Gasteiger partial charge in [0.15, 0.2) is 10.8 Å². The molecule has 4 nitrogen and oxygen atoms in total. The van der Waals surface area contributed by atoms with E-state index >= 15 is 0 Å². The lowest BCUT2D eigenvalue weighted by Crippen LogP contribution is -2.04. The standard InChI is InChI=1S/C13H19ClN4/c1-3-4-5-6-7-10(2)18-9-17-11-12(14)15-8-16-13(11)18/h8-10H,3-7H2,1-2H3. The molecule has 2 aromatic heterocycles. The third kappa shape index (κ3) is 2.80. The third-order valence-electron chi connectivity index (χ3n) is 3.26. The molecule has 1 atom stereocenters. The summed E-state index contributed by atoms with van der Waals surface area (Å²) >= 11 is 5.99. The average molecular weight is 267 g/mol. The van der Waals surface area contributed by atoms with Gasteiger partial charge in [-0.2, -0.15) is 0 Å². The van der Waals surface area contributed by atoms with Crippen molar-refractivity contribution < 1.29 is 0 Å². The van der Waals surface area contributed by atoms with Gasteiger partial charge < -0.3 is 4.57 Å². The first-order valence-corrected chi connectivity index (χ1v) is 6.95. The maximum Gasteiger partial charge on any atom is 0.165 e. The minimum atomic E-state index is 0.401. The van der Waals surface area contributed by atoms with E-state index in [2.05, 4.69) is 33.4 Å². The maximum absolute atomic E-state index is 5.99. The third-order valence-corrected chi connectivity index (χ3v) is 3.54. The molecule has 2 aromatic rings. The monoisotopic (exact) mass is 266 g/mol. The minimum absolute atomic E-state index is 0.401. The summed E-state index contributed by atoms with van der Waals surface area (Å²) < 4.78 is 2.09. The Bertz CT molecular complexity index is 509. The van der Waals surface area contributed by atoms with Gasteiger partial charge in [-0.1, -0.05) is 44.2 Å². The Morgan fingerprint density at radius 2 is 2.06 bits per heavy atom. The number of imidazole rings is 1. The van der Waals surface area contributed by atoms with Crippen LogP contribution in [0.3, 0.4) is 0 Å². The van der Waals surface area contributed by atoms with Crippen LogP contribution in [0.1, 0.15) is 52.0 Å². The van der Waals surface area contributed by atoms with Crippen LogP contribution in [-0.2, 0) is 0 Å². The molecule has 0 aliphatic rings. The molecular formula is C13H19ClN4. The zero-order valence-electron chi connectivity index (χ0n) is 10.9. The van der Waals surface area contributed by atoms with Gasteiger partial charge in [0.1, 0.15) is 11.8 Å². The van der Waals surface area contributed by atoms with E-state index in [0.717, 1.165) is 12.1 Å². The van der Waals surface area contributed by atoms with E-state index < -0.39 is 0 Å². The van der Waals surface area contributed by atoms with Crippen molar-refractivity contribution in [2.75, 3.05) is 0 Å². The molecular weight excluding hydrogens is 248 g/mol. The Morgan fingerprint density at radius 1 is 1.22 bits per heavy atom. The quantitative estimate of drug-likeness (QED) is 0.586. The molecule has 0 bridgehead atoms. The van der Waals surface area contributed by atoms with Crippen LogP contribution in [0.4, 0.5) is 0 Å². The van der Waals surface area contributed by atoms with E-state index in [0.29, 0.717) is 16.7 Å². The van der Waals surface area contributed by atoms with Crippen LogP contribution in [0.15, 0.2) is 12.7 Å². The largest absolute Gasteiger partial charge is 0.312 e. The fraction of sp³-hybridized carbons (Fsp3) is 0.615. The molecule has 0 N–H and O–H groups in total. The van der Waals surface area contributed by atoms with E-state index in [9.17, 15) is 0 Å². The Balaban J connectivity index is 2.08. The number of fused-ring (bicyclic) bond motifs is 1. The van der Waals surface area contributed by atoms with Crippen molar-refractivity contribution in [1.82, 2.24) is 19.5 Å². The van der Waals surface area contributed by atoms with Crippen LogP contribution in [0.2, 0.25) is 5.15 Å². The van der Waals surface area contributed by atoms with Crippen LogP contribution in [0, 0.1) is 0 Å². The predicted molar refractivity (Wildman–Crippen MR) is 73.8 cm³/mol. The predicted octanol–water partition coefficient (Wildman–Crippen LogP) is 4.01. The Morgan fingerprint density at radius 3 is 2.83 bits per heavy atom. The number of nitrogens with zero attached hydrogens (tertiary/aromatic N) is 4. The Labute approximate surface area is 112 Å². The van der Waals surface area contributed by atoms with E-state index in [1.165, 1.54) is 32.0 Å². The normalized spacial score (nSPS) is 13.1. The second-order valence-electron chi connectivity index (χ2n) is 4.69. The van der Waals surface area contributed by atoms with Gasteiger partial charge in [0.25, 0.3) is 0 Å². The molecule has 98 valence electrons. The smallest absolute Gasteiger partial charge is 0.165 e. The molecule has 0 spiro atoms. The molecule has 0 aromatic carbocycles. The molecule has 0 amide bonds. The molecule has 0 fully saturated rings. The summed E-state index contributed by atoms with van der Waals surface area (Å²) in [4.78, 5) is 12.5. The molecule has 0 saturated heterocycles. The van der Waals surface area contributed by atoms with Gasteiger partial charge in [0, 0.05) is 6.04 Å². The molecule has 2 rings (SSSR count). The van der Waals surface area contributed by atoms with Crippen LogP contribution in [-0.4, -0.2) is 19.5 Å². The van der Waals surface area contributed by atoms with Gasteiger partial charge >= 0.3 is 0 Å². The summed E-state index contributed by atoms with van der Waals surface area (Å²) in [6.07, 6.45) is 9.57. The molecule has 2 heterocycles. The zero-order valence-corrected chi connectivity index (χ0v) is 11.7. The number of rotatable bonds is 6. The molecule has 0 aliphatic heterocycles. The van der Waals surface area contributed by atoms with E-state index in [4.69, 9.17) is 11.6 Å². The van der Waals surface area contributed by atoms with Gasteiger partial charge in [-0.15, -0.1) is 0 Å². The maximum atomic E-state index is 5.99. The van der Waals surface area contributed by atoms with Crippen LogP contribution < -0.4 is 0 Å². The van der Waals surface area contributed by atoms with Gasteiger partial charge in [0.05, 0.1) is 6.33 Å². The Kier molecular flexibility index (Phi) is 4.53. The summed E-state index contributed by atoms with van der Waals surface area (Å²) in [5, 5.41) is 0.428. The highest BCUT2D eigenvalue weighted by molar-refractivity contribution is 6.33. The SMILES string of the molecule is CCCCCCC(C)n1cnc2c(Cl)ncnc21. The highest BCUT2D eigenvalue weighted by Crippen LogP contribution is 2.23. The van der Waals surface area contributed by atoms with E-state index in [1.54, 1.807) is 0 Å². The first kappa shape index (κ1) is 13.3. The van der Waals surface area contributed by atoms with Crippen LogP contribution >= 0.6 is 11.6 Å². The number of unbranched alkanes of at least 4 members (excludes halogenated alkanes) is 3. The highest BCUT2D eigenvalue weighted by atomic mass is 35.5. The minimum Gasteiger partial charge on any atom is -0.312 e. The second-order valence-corrected chi connectivity index (χ2v) is 5.04. The molecule has 1 unspecified atom stereocenters. The van der Waals surface area contributed by atoms with Crippen molar-refractivity contribution in [1.29, 1.82) is 0 Å². The summed E-state index contributed by atoms with van der Waals surface area (Å²) in [6, 6.07) is 0.401. The fourth-order valence-corrected chi connectivity index (χ4v) is 2.33. The van der Waals surface area contributed by atoms with E-state index in [-0.39, 0.29) is 0 Å². The second kappa shape index (κ2) is 6.14. The first-order chi connectivity index (χ1) is 8.74. The van der Waals surface area contributed by atoms with Crippen LogP contribution in [0.5, 0.6) is 0 Å². The van der Waals surface area contributed by atoms with Crippen LogP contribution in [0.25, 0.3) is 11.2 Å². The summed E-state index contributed by atoms with van der Waals surface area (Å²) in [7, 11) is 0. The van der Waals surface area contributed by atoms with Gasteiger partial charge in [-0.25, -0.2) is 15.0 Å². The average Bonchev–Trinajstić information content (AvgIpc) is 2.80. The molecule has 0 saturated carbocycles. The zero-order chi connectivity index (χ0) is 13.0. The number of hydrogen-bond acceptors (Lipinski definition) is 3. The number of aromatic nitrogens is 4. The topological polar surface area (TPSA) is 43.6 Å². The summed E-state index contributed by atoms with van der Waals surface area (Å²) in [6.45, 7) is 4.43. The lowest BCUT2D eigenvalue weighted by atomic mass is 10.1. The van der Waals surface area contributed by atoms with Crippen molar-refractivity contribution in [2.24, 2.45) is 0 Å².